The summed E-state index contributed by atoms with van der Waals surface area (Å²) in [4.78, 5) is 17.7. The molecule has 5 heteroatoms. The summed E-state index contributed by atoms with van der Waals surface area (Å²) in [6.45, 7) is 0.744. The maximum atomic E-state index is 11.4. The Hall–Kier alpha value is -1.62. The van der Waals surface area contributed by atoms with Crippen LogP contribution in [0, 0.1) is 5.92 Å². The van der Waals surface area contributed by atoms with Crippen molar-refractivity contribution in [3.8, 4) is 5.88 Å². The molecule has 18 heavy (non-hydrogen) atoms. The predicted molar refractivity (Wildman–Crippen MR) is 65.8 cm³/mol. The van der Waals surface area contributed by atoms with Gasteiger partial charge in [0.15, 0.2) is 0 Å². The number of aromatic nitrogens is 1. The Morgan fingerprint density at radius 3 is 3.17 bits per heavy atom. The van der Waals surface area contributed by atoms with Gasteiger partial charge in [-0.15, -0.1) is 0 Å². The average molecular weight is 247 g/mol. The average Bonchev–Trinajstić information content (AvgIpc) is 3.06. The molecule has 1 aromatic heterocycles. The van der Waals surface area contributed by atoms with Crippen LogP contribution in [0.4, 0.5) is 0 Å². The smallest absolute Gasteiger partial charge is 0.234 e. The van der Waals surface area contributed by atoms with Gasteiger partial charge < -0.3 is 10.5 Å². The predicted octanol–water partition coefficient (Wildman–Crippen LogP) is 0.538. The minimum absolute atomic E-state index is 0.104. The van der Waals surface area contributed by atoms with Crippen LogP contribution in [-0.2, 0) is 11.3 Å². The first-order valence-corrected chi connectivity index (χ1v) is 6.23. The molecule has 96 valence electrons. The van der Waals surface area contributed by atoms with Crippen molar-refractivity contribution in [3.63, 3.8) is 0 Å². The number of nitrogens with two attached hydrogens (primary N) is 1. The summed E-state index contributed by atoms with van der Waals surface area (Å²) in [5.41, 5.74) is 6.57. The first-order valence-electron chi connectivity index (χ1n) is 6.23. The van der Waals surface area contributed by atoms with Crippen molar-refractivity contribution < 1.29 is 9.53 Å². The van der Waals surface area contributed by atoms with Crippen molar-refractivity contribution in [1.29, 1.82) is 0 Å². The lowest BCUT2D eigenvalue weighted by Crippen LogP contribution is -2.42. The largest absolute Gasteiger partial charge is 0.481 e. The lowest BCUT2D eigenvalue weighted by Gasteiger charge is -2.24. The Balaban J connectivity index is 1.76. The molecule has 3 unspecified atom stereocenters. The molecule has 1 saturated carbocycles. The summed E-state index contributed by atoms with van der Waals surface area (Å²) < 4.78 is 5.11. The maximum Gasteiger partial charge on any atom is 0.234 e. The molecular formula is C13H17N3O2. The van der Waals surface area contributed by atoms with E-state index in [2.05, 4.69) is 9.88 Å². The minimum Gasteiger partial charge on any atom is -0.481 e. The first kappa shape index (κ1) is 11.5. The number of primary amides is 1. The standard InChI is InChI=1S/C13H17N3O2/c1-18-12-4-8(2-3-15-12)7-16-10-5-9(10)6-11(16)13(14)17/h2-4,9-11H,5-7H2,1H3,(H2,14,17). The Kier molecular flexibility index (Phi) is 2.70. The van der Waals surface area contributed by atoms with Gasteiger partial charge in [-0.05, 0) is 30.4 Å². The molecule has 3 rings (SSSR count). The Bertz CT molecular complexity index is 477. The van der Waals surface area contributed by atoms with Gasteiger partial charge in [0.25, 0.3) is 0 Å². The SMILES string of the molecule is COc1cc(CN2C(C(N)=O)CC3CC32)ccn1. The molecule has 2 N–H and O–H groups in total. The van der Waals surface area contributed by atoms with Crippen LogP contribution in [0.15, 0.2) is 18.3 Å². The Morgan fingerprint density at radius 1 is 1.61 bits per heavy atom. The second kappa shape index (κ2) is 4.24. The van der Waals surface area contributed by atoms with E-state index < -0.39 is 0 Å². The molecule has 5 nitrogen and oxygen atoms in total. The number of methoxy groups -OCH3 is 1. The highest BCUT2D eigenvalue weighted by Gasteiger charge is 2.53. The fourth-order valence-corrected chi connectivity index (χ4v) is 2.92. The zero-order valence-corrected chi connectivity index (χ0v) is 10.4. The van der Waals surface area contributed by atoms with Crippen molar-refractivity contribution in [2.45, 2.75) is 31.5 Å². The van der Waals surface area contributed by atoms with Crippen molar-refractivity contribution in [2.75, 3.05) is 7.11 Å². The summed E-state index contributed by atoms with van der Waals surface area (Å²) in [6.07, 6.45) is 3.85. The van der Waals surface area contributed by atoms with E-state index in [0.29, 0.717) is 17.8 Å². The van der Waals surface area contributed by atoms with Gasteiger partial charge in [0.1, 0.15) is 0 Å². The van der Waals surface area contributed by atoms with Crippen LogP contribution in [0.1, 0.15) is 18.4 Å². The lowest BCUT2D eigenvalue weighted by atomic mass is 10.1. The number of pyridine rings is 1. The zero-order valence-electron chi connectivity index (χ0n) is 10.4. The molecule has 0 spiro atoms. The van der Waals surface area contributed by atoms with Gasteiger partial charge in [0.2, 0.25) is 11.8 Å². The van der Waals surface area contributed by atoms with E-state index in [1.165, 1.54) is 6.42 Å². The quantitative estimate of drug-likeness (QED) is 0.843. The van der Waals surface area contributed by atoms with Gasteiger partial charge in [-0.25, -0.2) is 4.98 Å². The van der Waals surface area contributed by atoms with Crippen molar-refractivity contribution in [1.82, 2.24) is 9.88 Å². The van der Waals surface area contributed by atoms with Crippen LogP contribution in [-0.4, -0.2) is 35.0 Å². The summed E-state index contributed by atoms with van der Waals surface area (Å²) in [5, 5.41) is 0. The zero-order chi connectivity index (χ0) is 12.7. The number of nitrogens with zero attached hydrogens (tertiary/aromatic N) is 2. The molecule has 1 saturated heterocycles. The van der Waals surface area contributed by atoms with Crippen molar-refractivity contribution in [3.05, 3.63) is 23.9 Å². The highest BCUT2D eigenvalue weighted by Crippen LogP contribution is 2.48. The molecule has 1 aliphatic heterocycles. The van der Waals surface area contributed by atoms with Gasteiger partial charge in [0, 0.05) is 24.8 Å². The molecule has 1 aromatic rings. The maximum absolute atomic E-state index is 11.4. The number of rotatable bonds is 4. The number of carbonyl (C=O) groups is 1. The molecule has 2 heterocycles. The lowest BCUT2D eigenvalue weighted by molar-refractivity contribution is -0.123. The van der Waals surface area contributed by atoms with E-state index in [0.717, 1.165) is 18.5 Å². The normalized spacial score (nSPS) is 29.9. The van der Waals surface area contributed by atoms with Gasteiger partial charge in [0.05, 0.1) is 13.2 Å². The number of fused-ring (bicyclic) bond motifs is 1. The molecular weight excluding hydrogens is 230 g/mol. The second-order valence-corrected chi connectivity index (χ2v) is 5.10. The van der Waals surface area contributed by atoms with Gasteiger partial charge in [-0.2, -0.15) is 0 Å². The monoisotopic (exact) mass is 247 g/mol. The number of likely N-dealkylation sites (tertiary alicyclic amines) is 1. The molecule has 1 aliphatic carbocycles. The number of hydrogen-bond donors (Lipinski definition) is 1. The second-order valence-electron chi connectivity index (χ2n) is 5.10. The summed E-state index contributed by atoms with van der Waals surface area (Å²) in [5.74, 6) is 1.07. The molecule has 2 fully saturated rings. The topological polar surface area (TPSA) is 68.5 Å². The third-order valence-electron chi connectivity index (χ3n) is 3.94. The van der Waals surface area contributed by atoms with E-state index in [1.807, 2.05) is 12.1 Å². The number of carbonyl (C=O) groups excluding carboxylic acids is 1. The van der Waals surface area contributed by atoms with E-state index in [-0.39, 0.29) is 11.9 Å². The molecule has 0 aromatic carbocycles. The Labute approximate surface area is 106 Å². The van der Waals surface area contributed by atoms with E-state index >= 15 is 0 Å². The van der Waals surface area contributed by atoms with Crippen LogP contribution in [0.2, 0.25) is 0 Å². The number of ether oxygens (including phenoxy) is 1. The van der Waals surface area contributed by atoms with Gasteiger partial charge >= 0.3 is 0 Å². The molecule has 0 bridgehead atoms. The first-order chi connectivity index (χ1) is 8.69. The molecule has 2 aliphatic rings. The molecule has 0 radical (unpaired) electrons. The number of hydrogen-bond acceptors (Lipinski definition) is 4. The third-order valence-corrected chi connectivity index (χ3v) is 3.94. The molecule has 3 atom stereocenters. The Morgan fingerprint density at radius 2 is 2.44 bits per heavy atom. The third kappa shape index (κ3) is 1.95. The molecule has 1 amide bonds. The summed E-state index contributed by atoms with van der Waals surface area (Å²) in [7, 11) is 1.60. The van der Waals surface area contributed by atoms with E-state index in [4.69, 9.17) is 10.5 Å². The summed E-state index contributed by atoms with van der Waals surface area (Å²) in [6, 6.07) is 4.30. The minimum atomic E-state index is -0.205. The van der Waals surface area contributed by atoms with Crippen LogP contribution >= 0.6 is 0 Å². The van der Waals surface area contributed by atoms with E-state index in [1.54, 1.807) is 13.3 Å². The van der Waals surface area contributed by atoms with Crippen molar-refractivity contribution in [2.24, 2.45) is 11.7 Å². The van der Waals surface area contributed by atoms with Crippen LogP contribution in [0.5, 0.6) is 5.88 Å². The number of amides is 1. The van der Waals surface area contributed by atoms with Gasteiger partial charge in [-0.1, -0.05) is 0 Å². The van der Waals surface area contributed by atoms with Crippen LogP contribution < -0.4 is 10.5 Å². The number of piperidine rings is 1. The van der Waals surface area contributed by atoms with Crippen molar-refractivity contribution >= 4 is 5.91 Å². The highest BCUT2D eigenvalue weighted by atomic mass is 16.5. The highest BCUT2D eigenvalue weighted by molar-refractivity contribution is 5.80. The fraction of sp³-hybridized carbons (Fsp3) is 0.538. The van der Waals surface area contributed by atoms with Crippen LogP contribution in [0.3, 0.4) is 0 Å². The van der Waals surface area contributed by atoms with Gasteiger partial charge in [-0.3, -0.25) is 9.69 Å². The summed E-state index contributed by atoms with van der Waals surface area (Å²) >= 11 is 0. The van der Waals surface area contributed by atoms with E-state index in [9.17, 15) is 4.79 Å². The van der Waals surface area contributed by atoms with Crippen LogP contribution in [0.25, 0.3) is 0 Å². The fourth-order valence-electron chi connectivity index (χ4n) is 2.92.